The molecular weight excluding hydrogens is 308 g/mol. The number of benzene rings is 2. The van der Waals surface area contributed by atoms with Crippen molar-refractivity contribution < 1.29 is 17.1 Å². The van der Waals surface area contributed by atoms with Gasteiger partial charge in [0.1, 0.15) is 12.5 Å². The average Bonchev–Trinajstić information content (AvgIpc) is 2.56. The maximum atomic E-state index is 6.34. The molecule has 22 heavy (non-hydrogen) atoms. The molecule has 0 spiro atoms. The molecule has 0 bridgehead atoms. The van der Waals surface area contributed by atoms with Crippen LogP contribution in [0.1, 0.15) is 26.2 Å². The van der Waals surface area contributed by atoms with Crippen LogP contribution in [0.15, 0.2) is 60.7 Å². The lowest BCUT2D eigenvalue weighted by molar-refractivity contribution is -0.00000765. The molecule has 1 unspecified atom stereocenters. The Labute approximate surface area is 141 Å². The number of halogens is 1. The Bertz CT molecular complexity index is 533. The van der Waals surface area contributed by atoms with Crippen molar-refractivity contribution >= 4 is 18.4 Å². The van der Waals surface area contributed by atoms with E-state index < -0.39 is 8.07 Å². The van der Waals surface area contributed by atoms with Gasteiger partial charge in [-0.15, -0.1) is 0 Å². The highest BCUT2D eigenvalue weighted by Crippen LogP contribution is 2.31. The first-order chi connectivity index (χ1) is 10.2. The van der Waals surface area contributed by atoms with Gasteiger partial charge in [0, 0.05) is 0 Å². The maximum Gasteiger partial charge on any atom is 0.369 e. The quantitative estimate of drug-likeness (QED) is 0.590. The predicted octanol–water partition coefficient (Wildman–Crippen LogP) is 0.544. The fourth-order valence-corrected chi connectivity index (χ4v) is 7.12. The minimum Gasteiger partial charge on any atom is -1.00 e. The molecule has 1 fully saturated rings. The largest absolute Gasteiger partial charge is 1.00 e. The van der Waals surface area contributed by atoms with Crippen molar-refractivity contribution in [3.8, 4) is 0 Å². The summed E-state index contributed by atoms with van der Waals surface area (Å²) in [5.41, 5.74) is 1.35. The third-order valence-electron chi connectivity index (χ3n) is 4.62. The van der Waals surface area contributed by atoms with Crippen LogP contribution in [0.5, 0.6) is 0 Å². The van der Waals surface area contributed by atoms with Gasteiger partial charge in [0.2, 0.25) is 0 Å². The zero-order valence-corrected chi connectivity index (χ0v) is 15.0. The van der Waals surface area contributed by atoms with Gasteiger partial charge in [0.25, 0.3) is 0 Å². The van der Waals surface area contributed by atoms with Crippen LogP contribution in [-0.4, -0.2) is 14.2 Å². The van der Waals surface area contributed by atoms with Crippen LogP contribution < -0.4 is 22.8 Å². The van der Waals surface area contributed by atoms with E-state index in [1.54, 1.807) is 0 Å². The summed E-state index contributed by atoms with van der Waals surface area (Å²) in [7, 11) is -1.95. The van der Waals surface area contributed by atoms with Crippen molar-refractivity contribution in [1.29, 1.82) is 0 Å². The van der Waals surface area contributed by atoms with E-state index in [1.807, 2.05) is 0 Å². The molecule has 0 aromatic heterocycles. The summed E-state index contributed by atoms with van der Waals surface area (Å²) in [4.78, 5) is 0. The molecule has 1 atom stereocenters. The Kier molecular flexibility index (Phi) is 5.73. The Morgan fingerprint density at radius 3 is 1.91 bits per heavy atom. The van der Waals surface area contributed by atoms with Crippen molar-refractivity contribution in [2.45, 2.75) is 38.8 Å². The Balaban J connectivity index is 0.00000176. The number of ether oxygens (including phenoxy) is 1. The second-order valence-electron chi connectivity index (χ2n) is 6.10. The molecule has 1 saturated heterocycles. The third-order valence-corrected chi connectivity index (χ3v) is 9.08. The number of rotatable bonds is 3. The molecule has 116 valence electrons. The van der Waals surface area contributed by atoms with E-state index in [4.69, 9.17) is 4.74 Å². The zero-order valence-electron chi connectivity index (χ0n) is 13.3. The molecule has 1 heterocycles. The van der Waals surface area contributed by atoms with Crippen molar-refractivity contribution in [2.75, 3.05) is 0 Å². The van der Waals surface area contributed by atoms with E-state index in [2.05, 4.69) is 74.1 Å². The molecule has 1 nitrogen and oxygen atoms in total. The van der Waals surface area contributed by atoms with Crippen LogP contribution in [0.4, 0.5) is 0 Å². The summed E-state index contributed by atoms with van der Waals surface area (Å²) in [6, 6.07) is 21.9. The first-order valence-corrected chi connectivity index (χ1v) is 10.4. The number of hydrogen-bond donors (Lipinski definition) is 0. The highest BCUT2D eigenvalue weighted by Gasteiger charge is 2.55. The second kappa shape index (κ2) is 7.36. The summed E-state index contributed by atoms with van der Waals surface area (Å²) in [6.07, 6.45) is 3.89. The fraction of sp³-hybridized carbons (Fsp3) is 0.316. The monoisotopic (exact) mass is 330 g/mol. The lowest BCUT2D eigenvalue weighted by Crippen LogP contribution is -3.00. The van der Waals surface area contributed by atoms with Crippen LogP contribution in [-0.2, 0) is 4.74 Å². The molecule has 0 N–H and O–H groups in total. The van der Waals surface area contributed by atoms with Gasteiger partial charge in [0.15, 0.2) is 5.73 Å². The summed E-state index contributed by atoms with van der Waals surface area (Å²) in [5.74, 6) is 0. The van der Waals surface area contributed by atoms with Gasteiger partial charge in [0.05, 0.1) is 0 Å². The molecule has 2 aromatic carbocycles. The van der Waals surface area contributed by atoms with Gasteiger partial charge in [-0.25, -0.2) is 4.74 Å². The molecule has 3 rings (SSSR count). The van der Waals surface area contributed by atoms with Crippen molar-refractivity contribution in [3.05, 3.63) is 66.4 Å². The second-order valence-corrected chi connectivity index (χ2v) is 10.1. The van der Waals surface area contributed by atoms with E-state index in [0.717, 1.165) is 6.42 Å². The van der Waals surface area contributed by atoms with Crippen molar-refractivity contribution in [1.82, 2.24) is 0 Å². The smallest absolute Gasteiger partial charge is 0.369 e. The molecule has 2 aromatic rings. The number of hydrogen-bond acceptors (Lipinski definition) is 1. The molecule has 3 heteroatoms. The normalized spacial score (nSPS) is 18.6. The van der Waals surface area contributed by atoms with Crippen LogP contribution in [0.3, 0.4) is 0 Å². The predicted molar refractivity (Wildman–Crippen MR) is 91.4 cm³/mol. The van der Waals surface area contributed by atoms with Crippen LogP contribution in [0.2, 0.25) is 6.55 Å². The standard InChI is InChI=1S/C19H23OSi.ClH/c1-16-10-9-15-19(20-16)21(2,17-11-5-3-6-12-17)18-13-7-4-8-14-18;/h3-8,11-14,16H,9-10,15H2,1-2H3;1H/q+1;/p-1. The summed E-state index contributed by atoms with van der Waals surface area (Å²) in [6.45, 7) is 4.63. The molecular formula is C19H23ClOSi. The van der Waals surface area contributed by atoms with Gasteiger partial charge in [-0.1, -0.05) is 60.7 Å². The van der Waals surface area contributed by atoms with Gasteiger partial charge >= 0.3 is 8.07 Å². The molecule has 0 saturated carbocycles. The Morgan fingerprint density at radius 1 is 0.955 bits per heavy atom. The van der Waals surface area contributed by atoms with Gasteiger partial charge in [-0.3, -0.25) is 0 Å². The van der Waals surface area contributed by atoms with Crippen LogP contribution in [0.25, 0.3) is 0 Å². The van der Waals surface area contributed by atoms with Gasteiger partial charge in [-0.05, 0) is 36.7 Å². The first-order valence-electron chi connectivity index (χ1n) is 7.85. The highest BCUT2D eigenvalue weighted by atomic mass is 35.5. The fourth-order valence-electron chi connectivity index (χ4n) is 3.31. The molecule has 1 aliphatic heterocycles. The molecule has 0 radical (unpaired) electrons. The lowest BCUT2D eigenvalue weighted by atomic mass is 10.1. The zero-order chi connectivity index (χ0) is 14.7. The van der Waals surface area contributed by atoms with E-state index >= 15 is 0 Å². The topological polar surface area (TPSA) is 9.23 Å². The van der Waals surface area contributed by atoms with E-state index in [-0.39, 0.29) is 12.4 Å². The summed E-state index contributed by atoms with van der Waals surface area (Å²) >= 11 is 0. The van der Waals surface area contributed by atoms with Crippen LogP contribution >= 0.6 is 0 Å². The average molecular weight is 331 g/mol. The van der Waals surface area contributed by atoms with E-state index in [0.29, 0.717) is 6.10 Å². The lowest BCUT2D eigenvalue weighted by Gasteiger charge is -2.29. The molecule has 0 aliphatic carbocycles. The maximum absolute atomic E-state index is 6.34. The SMILES string of the molecule is CC1CCC[C+]([Si](C)(c2ccccc2)c2ccccc2)O1.[Cl-]. The van der Waals surface area contributed by atoms with Gasteiger partial charge < -0.3 is 12.4 Å². The molecule has 1 aliphatic rings. The first kappa shape index (κ1) is 17.1. The Hall–Kier alpha value is -1.22. The summed E-state index contributed by atoms with van der Waals surface area (Å²) in [5, 5.41) is 2.89. The third kappa shape index (κ3) is 3.24. The van der Waals surface area contributed by atoms with E-state index in [9.17, 15) is 0 Å². The van der Waals surface area contributed by atoms with Crippen LogP contribution in [0, 0.1) is 5.73 Å². The minimum atomic E-state index is -1.95. The molecule has 0 amide bonds. The summed E-state index contributed by atoms with van der Waals surface area (Å²) < 4.78 is 6.34. The minimum absolute atomic E-state index is 0. The van der Waals surface area contributed by atoms with E-state index in [1.165, 1.54) is 28.9 Å². The highest BCUT2D eigenvalue weighted by molar-refractivity contribution is 7.05. The van der Waals surface area contributed by atoms with Crippen molar-refractivity contribution in [2.24, 2.45) is 0 Å². The van der Waals surface area contributed by atoms with Crippen molar-refractivity contribution in [3.63, 3.8) is 0 Å². The van der Waals surface area contributed by atoms with Gasteiger partial charge in [-0.2, -0.15) is 0 Å². The Morgan fingerprint density at radius 2 is 1.45 bits per heavy atom.